The van der Waals surface area contributed by atoms with Crippen LogP contribution in [0, 0.1) is 5.82 Å². The molecule has 1 aliphatic heterocycles. The Kier molecular flexibility index (Phi) is 7.63. The van der Waals surface area contributed by atoms with E-state index in [1.165, 1.54) is 43.1 Å². The van der Waals surface area contributed by atoms with Crippen molar-refractivity contribution in [1.29, 1.82) is 0 Å². The molecule has 0 spiro atoms. The number of carbonyl (C=O) groups excluding carboxylic acids is 1. The standard InChI is InChI=1S/C25H21F4N9O2/c26-20-13-33-24(35-22(20)38-3-5-40-6-4-38)37-36-23(39)21-2-1-18(12-32-21)34-19-8-15(16-10-30-14-31-11-16)7-17(9-19)25(27,28)29/h1-2,7-14,34H,3-6H2,(H,36,39)(H,33,35,37). The van der Waals surface area contributed by atoms with Gasteiger partial charge in [-0.05, 0) is 35.9 Å². The van der Waals surface area contributed by atoms with E-state index in [2.05, 4.69) is 41.1 Å². The number of benzene rings is 1. The predicted molar refractivity (Wildman–Crippen MR) is 136 cm³/mol. The van der Waals surface area contributed by atoms with Gasteiger partial charge in [-0.2, -0.15) is 18.2 Å². The molecule has 4 aromatic rings. The second kappa shape index (κ2) is 11.4. The lowest BCUT2D eigenvalue weighted by Crippen LogP contribution is -2.38. The maximum Gasteiger partial charge on any atom is 0.416 e. The Labute approximate surface area is 224 Å². The fourth-order valence-corrected chi connectivity index (χ4v) is 3.84. The molecule has 0 radical (unpaired) electrons. The van der Waals surface area contributed by atoms with E-state index < -0.39 is 23.5 Å². The summed E-state index contributed by atoms with van der Waals surface area (Å²) in [5.41, 5.74) is 5.24. The van der Waals surface area contributed by atoms with Gasteiger partial charge in [-0.3, -0.25) is 15.6 Å². The first kappa shape index (κ1) is 26.7. The Morgan fingerprint density at radius 2 is 1.70 bits per heavy atom. The van der Waals surface area contributed by atoms with Gasteiger partial charge in [0.25, 0.3) is 5.91 Å². The molecule has 1 aliphatic rings. The highest BCUT2D eigenvalue weighted by atomic mass is 19.4. The zero-order valence-corrected chi connectivity index (χ0v) is 20.6. The molecule has 5 rings (SSSR count). The number of alkyl halides is 3. The van der Waals surface area contributed by atoms with Crippen molar-refractivity contribution in [1.82, 2.24) is 30.3 Å². The van der Waals surface area contributed by atoms with Gasteiger partial charge in [0.05, 0.1) is 36.9 Å². The van der Waals surface area contributed by atoms with Crippen LogP contribution in [0.15, 0.2) is 61.4 Å². The summed E-state index contributed by atoms with van der Waals surface area (Å²) in [6.07, 6.45) is 1.82. The summed E-state index contributed by atoms with van der Waals surface area (Å²) >= 11 is 0. The number of hydrogen-bond donors (Lipinski definition) is 3. The van der Waals surface area contributed by atoms with E-state index in [4.69, 9.17) is 4.74 Å². The van der Waals surface area contributed by atoms with Crippen LogP contribution in [0.4, 0.5) is 40.7 Å². The fraction of sp³-hybridized carbons (Fsp3) is 0.200. The van der Waals surface area contributed by atoms with Gasteiger partial charge in [0.2, 0.25) is 5.95 Å². The summed E-state index contributed by atoms with van der Waals surface area (Å²) in [4.78, 5) is 34.0. The molecule has 3 aromatic heterocycles. The van der Waals surface area contributed by atoms with Crippen LogP contribution in [0.2, 0.25) is 0 Å². The highest BCUT2D eigenvalue weighted by Gasteiger charge is 2.31. The number of aromatic nitrogens is 5. The number of amides is 1. The quantitative estimate of drug-likeness (QED) is 0.229. The molecular weight excluding hydrogens is 534 g/mol. The Bertz CT molecular complexity index is 1480. The van der Waals surface area contributed by atoms with Crippen molar-refractivity contribution in [2.24, 2.45) is 0 Å². The molecule has 3 N–H and O–H groups in total. The first-order valence-corrected chi connectivity index (χ1v) is 11.9. The third-order valence-corrected chi connectivity index (χ3v) is 5.76. The maximum absolute atomic E-state index is 14.2. The molecule has 1 aromatic carbocycles. The minimum atomic E-state index is -4.58. The van der Waals surface area contributed by atoms with Crippen LogP contribution in [0.25, 0.3) is 11.1 Å². The van der Waals surface area contributed by atoms with Gasteiger partial charge in [-0.1, -0.05) is 0 Å². The van der Waals surface area contributed by atoms with Gasteiger partial charge in [0, 0.05) is 36.7 Å². The molecule has 0 aliphatic carbocycles. The van der Waals surface area contributed by atoms with E-state index in [0.717, 1.165) is 18.3 Å². The van der Waals surface area contributed by atoms with Crippen molar-refractivity contribution < 1.29 is 27.1 Å². The molecule has 40 heavy (non-hydrogen) atoms. The molecule has 15 heteroatoms. The Hall–Kier alpha value is -4.92. The number of morpholine rings is 1. The van der Waals surface area contributed by atoms with Gasteiger partial charge in [0.1, 0.15) is 12.0 Å². The van der Waals surface area contributed by atoms with Crippen molar-refractivity contribution in [3.05, 3.63) is 78.5 Å². The van der Waals surface area contributed by atoms with E-state index in [1.54, 1.807) is 4.90 Å². The Balaban J connectivity index is 1.26. The molecule has 0 atom stereocenters. The van der Waals surface area contributed by atoms with Crippen LogP contribution in [0.1, 0.15) is 16.1 Å². The first-order valence-electron chi connectivity index (χ1n) is 11.9. The van der Waals surface area contributed by atoms with Crippen molar-refractivity contribution >= 4 is 29.0 Å². The van der Waals surface area contributed by atoms with Crippen molar-refractivity contribution in [2.45, 2.75) is 6.18 Å². The number of halogens is 4. The lowest BCUT2D eigenvalue weighted by atomic mass is 10.0. The van der Waals surface area contributed by atoms with Crippen LogP contribution in [0.3, 0.4) is 0 Å². The second-order valence-electron chi connectivity index (χ2n) is 8.52. The molecule has 11 nitrogen and oxygen atoms in total. The minimum absolute atomic E-state index is 0.000250. The van der Waals surface area contributed by atoms with Crippen molar-refractivity contribution in [3.63, 3.8) is 0 Å². The highest BCUT2D eigenvalue weighted by Crippen LogP contribution is 2.35. The van der Waals surface area contributed by atoms with Crippen LogP contribution in [-0.4, -0.2) is 57.1 Å². The molecule has 1 amide bonds. The summed E-state index contributed by atoms with van der Waals surface area (Å²) in [6, 6.07) is 6.36. The normalized spacial score (nSPS) is 13.6. The largest absolute Gasteiger partial charge is 0.416 e. The SMILES string of the molecule is O=C(NNc1ncc(F)c(N2CCOCC2)n1)c1ccc(Nc2cc(-c3cncnc3)cc(C(F)(F)F)c2)cn1. The van der Waals surface area contributed by atoms with E-state index in [0.29, 0.717) is 37.6 Å². The third-order valence-electron chi connectivity index (χ3n) is 5.76. The van der Waals surface area contributed by atoms with Gasteiger partial charge >= 0.3 is 6.18 Å². The van der Waals surface area contributed by atoms with Crippen LogP contribution in [-0.2, 0) is 10.9 Å². The molecular formula is C25H21F4N9O2. The van der Waals surface area contributed by atoms with Crippen LogP contribution < -0.4 is 21.1 Å². The summed E-state index contributed by atoms with van der Waals surface area (Å²) in [5.74, 6) is -1.19. The highest BCUT2D eigenvalue weighted by molar-refractivity contribution is 5.93. The average Bonchev–Trinajstić information content (AvgIpc) is 2.97. The summed E-state index contributed by atoms with van der Waals surface area (Å²) in [5, 5.41) is 2.87. The number of ether oxygens (including phenoxy) is 1. The fourth-order valence-electron chi connectivity index (χ4n) is 3.84. The number of nitrogens with one attached hydrogen (secondary N) is 3. The maximum atomic E-state index is 14.2. The van der Waals surface area contributed by atoms with Gasteiger partial charge in [-0.15, -0.1) is 0 Å². The van der Waals surface area contributed by atoms with E-state index >= 15 is 0 Å². The predicted octanol–water partition coefficient (Wildman–Crippen LogP) is 3.82. The number of pyridine rings is 1. The third kappa shape index (κ3) is 6.37. The summed E-state index contributed by atoms with van der Waals surface area (Å²) in [6.45, 7) is 1.81. The number of rotatable bonds is 7. The average molecular weight is 555 g/mol. The molecule has 206 valence electrons. The first-order chi connectivity index (χ1) is 19.3. The monoisotopic (exact) mass is 555 g/mol. The number of hydrazine groups is 1. The lowest BCUT2D eigenvalue weighted by molar-refractivity contribution is -0.137. The van der Waals surface area contributed by atoms with Gasteiger partial charge in [0.15, 0.2) is 11.6 Å². The smallest absolute Gasteiger partial charge is 0.378 e. The summed E-state index contributed by atoms with van der Waals surface area (Å²) < 4.78 is 60.0. The van der Waals surface area contributed by atoms with Gasteiger partial charge in [-0.25, -0.2) is 24.3 Å². The molecule has 0 unspecified atom stereocenters. The number of hydrogen-bond acceptors (Lipinski definition) is 10. The minimum Gasteiger partial charge on any atom is -0.378 e. The molecule has 0 saturated carbocycles. The molecule has 0 bridgehead atoms. The van der Waals surface area contributed by atoms with Gasteiger partial charge < -0.3 is 15.0 Å². The van der Waals surface area contributed by atoms with Crippen molar-refractivity contribution in [2.75, 3.05) is 41.9 Å². The van der Waals surface area contributed by atoms with E-state index in [-0.39, 0.29) is 28.7 Å². The van der Waals surface area contributed by atoms with Crippen LogP contribution >= 0.6 is 0 Å². The van der Waals surface area contributed by atoms with Crippen LogP contribution in [0.5, 0.6) is 0 Å². The second-order valence-corrected chi connectivity index (χ2v) is 8.52. The summed E-state index contributed by atoms with van der Waals surface area (Å²) in [7, 11) is 0. The van der Waals surface area contributed by atoms with E-state index in [9.17, 15) is 22.4 Å². The molecule has 4 heterocycles. The van der Waals surface area contributed by atoms with E-state index in [1.807, 2.05) is 0 Å². The Morgan fingerprint density at radius 3 is 2.40 bits per heavy atom. The zero-order valence-electron chi connectivity index (χ0n) is 20.6. The van der Waals surface area contributed by atoms with Crippen molar-refractivity contribution in [3.8, 4) is 11.1 Å². The zero-order chi connectivity index (χ0) is 28.1. The Morgan fingerprint density at radius 1 is 0.925 bits per heavy atom. The lowest BCUT2D eigenvalue weighted by Gasteiger charge is -2.28. The number of anilines is 4. The number of nitrogens with zero attached hydrogens (tertiary/aromatic N) is 6. The molecule has 1 saturated heterocycles. The molecule has 1 fully saturated rings. The number of carbonyl (C=O) groups is 1. The topological polar surface area (TPSA) is 130 Å².